The molecule has 2 amide bonds. The number of fused-ring (bicyclic) bond motifs is 3. The fraction of sp³-hybridized carbons (Fsp3) is 0.222. The molecule has 0 saturated heterocycles. The molecule has 0 spiro atoms. The first-order chi connectivity index (χ1) is 16.9. The first kappa shape index (κ1) is 24.7. The SMILES string of the molecule is CCC(CC(=O)Nc1ccc(I)cc1C(=O)O)NC(=O)OCC1c2ccccc2-c2ccccc21. The lowest BCUT2D eigenvalue weighted by atomic mass is 9.98. The molecule has 3 aromatic carbocycles. The Morgan fingerprint density at radius 3 is 2.23 bits per heavy atom. The molecule has 35 heavy (non-hydrogen) atoms. The molecule has 4 rings (SSSR count). The van der Waals surface area contributed by atoms with E-state index in [0.717, 1.165) is 25.8 Å². The largest absolute Gasteiger partial charge is 0.478 e. The Hall–Kier alpha value is -3.40. The third-order valence-electron chi connectivity index (χ3n) is 6.08. The van der Waals surface area contributed by atoms with E-state index in [1.165, 1.54) is 6.07 Å². The minimum absolute atomic E-state index is 0.00819. The van der Waals surface area contributed by atoms with E-state index in [1.54, 1.807) is 12.1 Å². The molecule has 0 aliphatic heterocycles. The standard InChI is InChI=1S/C27H25IN2O5/c1-2-17(14-25(31)30-24-12-11-16(28)13-22(24)26(32)33)29-27(34)35-15-23-20-9-5-3-7-18(20)19-8-4-6-10-21(19)23/h3-13,17,23H,2,14-15H2,1H3,(H,29,34)(H,30,31)(H,32,33). The third-order valence-corrected chi connectivity index (χ3v) is 6.75. The molecule has 0 heterocycles. The number of nitrogens with one attached hydrogen (secondary N) is 2. The quantitative estimate of drug-likeness (QED) is 0.298. The fourth-order valence-corrected chi connectivity index (χ4v) is 4.82. The number of carbonyl (C=O) groups is 3. The topological polar surface area (TPSA) is 105 Å². The Balaban J connectivity index is 1.35. The number of anilines is 1. The molecule has 8 heteroatoms. The number of benzene rings is 3. The van der Waals surface area contributed by atoms with Crippen molar-refractivity contribution in [3.63, 3.8) is 0 Å². The summed E-state index contributed by atoms with van der Waals surface area (Å²) < 4.78 is 6.33. The van der Waals surface area contributed by atoms with Crippen LogP contribution < -0.4 is 10.6 Å². The highest BCUT2D eigenvalue weighted by atomic mass is 127. The van der Waals surface area contributed by atoms with Gasteiger partial charge < -0.3 is 20.5 Å². The van der Waals surface area contributed by atoms with Crippen LogP contribution in [0.4, 0.5) is 10.5 Å². The summed E-state index contributed by atoms with van der Waals surface area (Å²) in [6.45, 7) is 2.04. The van der Waals surface area contributed by atoms with E-state index in [1.807, 2.05) is 53.8 Å². The van der Waals surface area contributed by atoms with Gasteiger partial charge in [0.25, 0.3) is 0 Å². The van der Waals surface area contributed by atoms with E-state index in [0.29, 0.717) is 6.42 Å². The first-order valence-electron chi connectivity index (χ1n) is 11.3. The maximum atomic E-state index is 12.6. The maximum absolute atomic E-state index is 12.6. The molecule has 0 radical (unpaired) electrons. The van der Waals surface area contributed by atoms with Gasteiger partial charge in [0.15, 0.2) is 0 Å². The number of hydrogen-bond donors (Lipinski definition) is 3. The summed E-state index contributed by atoms with van der Waals surface area (Å²) in [7, 11) is 0. The highest BCUT2D eigenvalue weighted by Gasteiger charge is 2.29. The number of carboxylic acid groups (broad SMARTS) is 1. The van der Waals surface area contributed by atoms with Crippen LogP contribution in [-0.2, 0) is 9.53 Å². The van der Waals surface area contributed by atoms with Gasteiger partial charge in [-0.05, 0) is 69.5 Å². The van der Waals surface area contributed by atoms with Crippen molar-refractivity contribution in [3.05, 3.63) is 87.0 Å². The molecule has 1 atom stereocenters. The van der Waals surface area contributed by atoms with Crippen molar-refractivity contribution >= 4 is 46.2 Å². The Bertz CT molecular complexity index is 1230. The summed E-state index contributed by atoms with van der Waals surface area (Å²) in [6.07, 6.45) is -0.0889. The average Bonchev–Trinajstić information content (AvgIpc) is 3.17. The van der Waals surface area contributed by atoms with Gasteiger partial charge in [0, 0.05) is 22.0 Å². The maximum Gasteiger partial charge on any atom is 0.407 e. The van der Waals surface area contributed by atoms with Crippen molar-refractivity contribution in [1.29, 1.82) is 0 Å². The Kier molecular flexibility index (Phi) is 7.70. The lowest BCUT2D eigenvalue weighted by Gasteiger charge is -2.19. The van der Waals surface area contributed by atoms with Crippen LogP contribution in [0.15, 0.2) is 66.7 Å². The summed E-state index contributed by atoms with van der Waals surface area (Å²) in [5.74, 6) is -1.56. The van der Waals surface area contributed by atoms with Gasteiger partial charge >= 0.3 is 12.1 Å². The zero-order valence-electron chi connectivity index (χ0n) is 19.1. The Morgan fingerprint density at radius 1 is 1.00 bits per heavy atom. The molecular formula is C27H25IN2O5. The molecule has 0 fully saturated rings. The van der Waals surface area contributed by atoms with E-state index < -0.39 is 18.1 Å². The highest BCUT2D eigenvalue weighted by molar-refractivity contribution is 14.1. The van der Waals surface area contributed by atoms with Crippen LogP contribution in [0.3, 0.4) is 0 Å². The number of alkyl carbamates (subject to hydrolysis) is 1. The van der Waals surface area contributed by atoms with Crippen molar-refractivity contribution in [3.8, 4) is 11.1 Å². The van der Waals surface area contributed by atoms with Crippen molar-refractivity contribution < 1.29 is 24.2 Å². The fourth-order valence-electron chi connectivity index (χ4n) is 4.33. The zero-order chi connectivity index (χ0) is 24.9. The number of carbonyl (C=O) groups excluding carboxylic acids is 2. The minimum atomic E-state index is -1.12. The number of amides is 2. The predicted octanol–water partition coefficient (Wildman–Crippen LogP) is 5.64. The lowest BCUT2D eigenvalue weighted by molar-refractivity contribution is -0.116. The monoisotopic (exact) mass is 584 g/mol. The molecule has 1 aliphatic rings. The second-order valence-electron chi connectivity index (χ2n) is 8.32. The van der Waals surface area contributed by atoms with Gasteiger partial charge in [0.2, 0.25) is 5.91 Å². The molecule has 3 N–H and O–H groups in total. The van der Waals surface area contributed by atoms with Gasteiger partial charge in [-0.15, -0.1) is 0 Å². The van der Waals surface area contributed by atoms with Crippen LogP contribution in [0.2, 0.25) is 0 Å². The molecule has 180 valence electrons. The smallest absolute Gasteiger partial charge is 0.407 e. The number of halogens is 1. The van der Waals surface area contributed by atoms with Crippen LogP contribution in [0.25, 0.3) is 11.1 Å². The second-order valence-corrected chi connectivity index (χ2v) is 9.57. The molecule has 0 aromatic heterocycles. The first-order valence-corrected chi connectivity index (χ1v) is 12.4. The van der Waals surface area contributed by atoms with Crippen LogP contribution >= 0.6 is 22.6 Å². The molecule has 1 aliphatic carbocycles. The minimum Gasteiger partial charge on any atom is -0.478 e. The normalized spacial score (nSPS) is 12.9. The number of rotatable bonds is 8. The van der Waals surface area contributed by atoms with Crippen molar-refractivity contribution in [2.24, 2.45) is 0 Å². The van der Waals surface area contributed by atoms with Crippen molar-refractivity contribution in [2.75, 3.05) is 11.9 Å². The summed E-state index contributed by atoms with van der Waals surface area (Å²) in [4.78, 5) is 36.6. The Morgan fingerprint density at radius 2 is 1.63 bits per heavy atom. The number of aromatic carboxylic acids is 1. The summed E-state index contributed by atoms with van der Waals surface area (Å²) in [5.41, 5.74) is 4.79. The van der Waals surface area contributed by atoms with Gasteiger partial charge in [0.1, 0.15) is 6.61 Å². The number of hydrogen-bond acceptors (Lipinski definition) is 4. The molecule has 7 nitrogen and oxygen atoms in total. The summed E-state index contributed by atoms with van der Waals surface area (Å²) >= 11 is 2.01. The highest BCUT2D eigenvalue weighted by Crippen LogP contribution is 2.44. The lowest BCUT2D eigenvalue weighted by Crippen LogP contribution is -2.38. The van der Waals surface area contributed by atoms with Crippen LogP contribution in [0.1, 0.15) is 47.2 Å². The molecule has 3 aromatic rings. The zero-order valence-corrected chi connectivity index (χ0v) is 21.2. The van der Waals surface area contributed by atoms with Crippen LogP contribution in [-0.4, -0.2) is 35.7 Å². The third kappa shape index (κ3) is 5.64. The average molecular weight is 584 g/mol. The Labute approximate surface area is 217 Å². The van der Waals surface area contributed by atoms with Gasteiger partial charge in [-0.25, -0.2) is 9.59 Å². The van der Waals surface area contributed by atoms with Crippen LogP contribution in [0.5, 0.6) is 0 Å². The molecule has 0 bridgehead atoms. The van der Waals surface area contributed by atoms with E-state index in [4.69, 9.17) is 4.74 Å². The summed E-state index contributed by atoms with van der Waals surface area (Å²) in [5, 5.41) is 14.8. The molecule has 0 saturated carbocycles. The van der Waals surface area contributed by atoms with Gasteiger partial charge in [0.05, 0.1) is 11.3 Å². The summed E-state index contributed by atoms with van der Waals surface area (Å²) in [6, 6.07) is 20.5. The molecular weight excluding hydrogens is 559 g/mol. The van der Waals surface area contributed by atoms with E-state index in [2.05, 4.69) is 34.9 Å². The van der Waals surface area contributed by atoms with E-state index in [9.17, 15) is 19.5 Å². The van der Waals surface area contributed by atoms with Gasteiger partial charge in [-0.3, -0.25) is 4.79 Å². The molecule has 1 unspecified atom stereocenters. The van der Waals surface area contributed by atoms with E-state index in [-0.39, 0.29) is 36.1 Å². The number of ether oxygens (including phenoxy) is 1. The number of carboxylic acids is 1. The van der Waals surface area contributed by atoms with Crippen molar-refractivity contribution in [1.82, 2.24) is 5.32 Å². The van der Waals surface area contributed by atoms with Crippen LogP contribution in [0, 0.1) is 3.57 Å². The van der Waals surface area contributed by atoms with Gasteiger partial charge in [-0.1, -0.05) is 55.5 Å². The van der Waals surface area contributed by atoms with Crippen molar-refractivity contribution in [2.45, 2.75) is 31.7 Å². The van der Waals surface area contributed by atoms with E-state index >= 15 is 0 Å². The second kappa shape index (κ2) is 10.9. The van der Waals surface area contributed by atoms with Gasteiger partial charge in [-0.2, -0.15) is 0 Å². The predicted molar refractivity (Wildman–Crippen MR) is 142 cm³/mol.